The lowest BCUT2D eigenvalue weighted by atomic mass is 10.0. The van der Waals surface area contributed by atoms with E-state index in [0.29, 0.717) is 12.0 Å². The van der Waals surface area contributed by atoms with Crippen LogP contribution in [0.25, 0.3) is 0 Å². The first-order valence-electron chi connectivity index (χ1n) is 8.98. The first-order valence-corrected chi connectivity index (χ1v) is 8.98. The molecular weight excluding hydrogens is 323 g/mol. The minimum absolute atomic E-state index is 0.0782. The molecule has 0 aromatic heterocycles. The van der Waals surface area contributed by atoms with Gasteiger partial charge in [-0.15, -0.1) is 0 Å². The van der Waals surface area contributed by atoms with E-state index in [2.05, 4.69) is 6.92 Å². The van der Waals surface area contributed by atoms with Crippen molar-refractivity contribution in [2.24, 2.45) is 5.92 Å². The Balaban J connectivity index is 2.34. The number of esters is 2. The fourth-order valence-corrected chi connectivity index (χ4v) is 2.54. The standard InChI is InChI=1S/C20H29FO4/c1-5-9-18(14(2)3)25-20(23)13-8-12-19(22)24-15(4)16-10-6-7-11-17(16)21/h6-7,10-11,14-15,18H,5,8-9,12-13H2,1-4H3. The third-order valence-corrected chi connectivity index (χ3v) is 4.01. The Morgan fingerprint density at radius 1 is 1.04 bits per heavy atom. The Morgan fingerprint density at radius 2 is 1.64 bits per heavy atom. The maximum absolute atomic E-state index is 13.6. The number of hydrogen-bond donors (Lipinski definition) is 0. The largest absolute Gasteiger partial charge is 0.462 e. The second-order valence-electron chi connectivity index (χ2n) is 6.57. The lowest BCUT2D eigenvalue weighted by Gasteiger charge is -2.20. The van der Waals surface area contributed by atoms with Crippen LogP contribution < -0.4 is 0 Å². The van der Waals surface area contributed by atoms with E-state index >= 15 is 0 Å². The predicted molar refractivity (Wildman–Crippen MR) is 94.4 cm³/mol. The Morgan fingerprint density at radius 3 is 2.20 bits per heavy atom. The molecule has 0 bridgehead atoms. The second-order valence-corrected chi connectivity index (χ2v) is 6.57. The van der Waals surface area contributed by atoms with Gasteiger partial charge in [-0.3, -0.25) is 9.59 Å². The molecule has 0 amide bonds. The number of hydrogen-bond acceptors (Lipinski definition) is 4. The van der Waals surface area contributed by atoms with Gasteiger partial charge in [0.1, 0.15) is 18.0 Å². The van der Waals surface area contributed by atoms with Gasteiger partial charge < -0.3 is 9.47 Å². The minimum atomic E-state index is -0.657. The van der Waals surface area contributed by atoms with E-state index in [1.165, 1.54) is 6.07 Å². The first-order chi connectivity index (χ1) is 11.8. The van der Waals surface area contributed by atoms with Gasteiger partial charge >= 0.3 is 11.9 Å². The molecule has 140 valence electrons. The molecule has 5 heteroatoms. The van der Waals surface area contributed by atoms with E-state index < -0.39 is 17.9 Å². The highest BCUT2D eigenvalue weighted by Gasteiger charge is 2.18. The molecule has 0 aliphatic rings. The van der Waals surface area contributed by atoms with E-state index in [1.807, 2.05) is 13.8 Å². The molecule has 0 N–H and O–H groups in total. The van der Waals surface area contributed by atoms with Crippen molar-refractivity contribution in [2.75, 3.05) is 0 Å². The zero-order valence-electron chi connectivity index (χ0n) is 15.6. The number of halogens is 1. The average molecular weight is 352 g/mol. The van der Waals surface area contributed by atoms with Gasteiger partial charge in [0.25, 0.3) is 0 Å². The fraction of sp³-hybridized carbons (Fsp3) is 0.600. The van der Waals surface area contributed by atoms with E-state index in [4.69, 9.17) is 9.47 Å². The van der Waals surface area contributed by atoms with Crippen molar-refractivity contribution < 1.29 is 23.5 Å². The van der Waals surface area contributed by atoms with E-state index in [0.717, 1.165) is 12.8 Å². The zero-order valence-corrected chi connectivity index (χ0v) is 15.6. The molecule has 1 aromatic carbocycles. The van der Waals surface area contributed by atoms with Gasteiger partial charge in [-0.05, 0) is 31.7 Å². The third-order valence-electron chi connectivity index (χ3n) is 4.01. The van der Waals surface area contributed by atoms with Crippen molar-refractivity contribution >= 4 is 11.9 Å². The molecule has 0 saturated heterocycles. The smallest absolute Gasteiger partial charge is 0.306 e. The third kappa shape index (κ3) is 7.67. The molecule has 0 spiro atoms. The van der Waals surface area contributed by atoms with Gasteiger partial charge in [-0.2, -0.15) is 0 Å². The summed E-state index contributed by atoms with van der Waals surface area (Å²) in [7, 11) is 0. The second kappa shape index (κ2) is 10.9. The molecule has 2 atom stereocenters. The number of benzene rings is 1. The van der Waals surface area contributed by atoms with Crippen molar-refractivity contribution in [3.8, 4) is 0 Å². The highest BCUT2D eigenvalue weighted by Crippen LogP contribution is 2.21. The Hall–Kier alpha value is -1.91. The van der Waals surface area contributed by atoms with Crippen LogP contribution in [0.3, 0.4) is 0 Å². The van der Waals surface area contributed by atoms with Gasteiger partial charge in [0.2, 0.25) is 0 Å². The van der Waals surface area contributed by atoms with E-state index in [1.54, 1.807) is 25.1 Å². The van der Waals surface area contributed by atoms with Crippen LogP contribution in [0.15, 0.2) is 24.3 Å². The Labute approximate surface area is 149 Å². The summed E-state index contributed by atoms with van der Waals surface area (Å²) in [6.45, 7) is 7.72. The molecule has 0 heterocycles. The van der Waals surface area contributed by atoms with Crippen LogP contribution in [0.2, 0.25) is 0 Å². The highest BCUT2D eigenvalue weighted by molar-refractivity contribution is 5.72. The van der Waals surface area contributed by atoms with Crippen LogP contribution >= 0.6 is 0 Å². The van der Waals surface area contributed by atoms with Crippen LogP contribution in [0, 0.1) is 11.7 Å². The van der Waals surface area contributed by atoms with Gasteiger partial charge in [0.05, 0.1) is 0 Å². The predicted octanol–water partition coefficient (Wildman–Crippen LogP) is 4.97. The maximum Gasteiger partial charge on any atom is 0.306 e. The van der Waals surface area contributed by atoms with Gasteiger partial charge in [0, 0.05) is 18.4 Å². The summed E-state index contributed by atoms with van der Waals surface area (Å²) in [6, 6.07) is 6.20. The first kappa shape index (κ1) is 21.1. The molecule has 0 saturated carbocycles. The van der Waals surface area contributed by atoms with Crippen LogP contribution in [0.5, 0.6) is 0 Å². The van der Waals surface area contributed by atoms with Crippen molar-refractivity contribution in [3.05, 3.63) is 35.6 Å². The van der Waals surface area contributed by atoms with Gasteiger partial charge in [-0.25, -0.2) is 4.39 Å². The minimum Gasteiger partial charge on any atom is -0.462 e. The normalized spacial score (nSPS) is 13.4. The average Bonchev–Trinajstić information content (AvgIpc) is 2.54. The molecule has 0 aliphatic heterocycles. The SMILES string of the molecule is CCCC(OC(=O)CCCC(=O)OC(C)c1ccccc1F)C(C)C. The zero-order chi connectivity index (χ0) is 18.8. The number of carbonyl (C=O) groups excluding carboxylic acids is 2. The fourth-order valence-electron chi connectivity index (χ4n) is 2.54. The van der Waals surface area contributed by atoms with E-state index in [-0.39, 0.29) is 30.8 Å². The summed E-state index contributed by atoms with van der Waals surface area (Å²) in [5.41, 5.74) is 0.342. The van der Waals surface area contributed by atoms with Gasteiger partial charge in [-0.1, -0.05) is 45.4 Å². The molecule has 0 aliphatic carbocycles. The molecule has 1 aromatic rings. The molecular formula is C20H29FO4. The lowest BCUT2D eigenvalue weighted by Crippen LogP contribution is -2.23. The summed E-state index contributed by atoms with van der Waals surface area (Å²) in [5, 5.41) is 0. The van der Waals surface area contributed by atoms with Crippen molar-refractivity contribution in [3.63, 3.8) is 0 Å². The Bertz CT molecular complexity index is 556. The van der Waals surface area contributed by atoms with Crippen LogP contribution in [-0.4, -0.2) is 18.0 Å². The number of carbonyl (C=O) groups is 2. The van der Waals surface area contributed by atoms with Crippen molar-refractivity contribution in [1.29, 1.82) is 0 Å². The highest BCUT2D eigenvalue weighted by atomic mass is 19.1. The number of rotatable bonds is 10. The number of ether oxygens (including phenoxy) is 2. The summed E-state index contributed by atoms with van der Waals surface area (Å²) in [6.07, 6.45) is 1.70. The molecule has 0 fully saturated rings. The lowest BCUT2D eigenvalue weighted by molar-refractivity contribution is -0.152. The van der Waals surface area contributed by atoms with Crippen LogP contribution in [0.4, 0.5) is 4.39 Å². The summed E-state index contributed by atoms with van der Waals surface area (Å²) >= 11 is 0. The van der Waals surface area contributed by atoms with Gasteiger partial charge in [0.15, 0.2) is 0 Å². The quantitative estimate of drug-likeness (QED) is 0.558. The monoisotopic (exact) mass is 352 g/mol. The van der Waals surface area contributed by atoms with E-state index in [9.17, 15) is 14.0 Å². The Kier molecular flexibility index (Phi) is 9.17. The van der Waals surface area contributed by atoms with Crippen LogP contribution in [0.1, 0.15) is 71.5 Å². The molecule has 25 heavy (non-hydrogen) atoms. The summed E-state index contributed by atoms with van der Waals surface area (Å²) in [4.78, 5) is 23.7. The molecule has 0 radical (unpaired) electrons. The molecule has 2 unspecified atom stereocenters. The van der Waals surface area contributed by atoms with Crippen molar-refractivity contribution in [1.82, 2.24) is 0 Å². The maximum atomic E-state index is 13.6. The molecule has 1 rings (SSSR count). The topological polar surface area (TPSA) is 52.6 Å². The van der Waals surface area contributed by atoms with Crippen LogP contribution in [-0.2, 0) is 19.1 Å². The molecule has 4 nitrogen and oxygen atoms in total. The van der Waals surface area contributed by atoms with Crippen molar-refractivity contribution in [2.45, 2.75) is 72.0 Å². The summed E-state index contributed by atoms with van der Waals surface area (Å²) < 4.78 is 24.3. The summed E-state index contributed by atoms with van der Waals surface area (Å²) in [5.74, 6) is -0.864.